The third-order valence-corrected chi connectivity index (χ3v) is 6.69. The van der Waals surface area contributed by atoms with Crippen LogP contribution in [0, 0.1) is 0 Å². The maximum absolute atomic E-state index is 6.29. The van der Waals surface area contributed by atoms with E-state index in [0.29, 0.717) is 16.7 Å². The second-order valence-electron chi connectivity index (χ2n) is 8.07. The lowest BCUT2D eigenvalue weighted by Gasteiger charge is -2.29. The quantitative estimate of drug-likeness (QED) is 0.500. The molecule has 0 saturated heterocycles. The predicted octanol–water partition coefficient (Wildman–Crippen LogP) is 5.76. The van der Waals surface area contributed by atoms with Gasteiger partial charge in [-0.15, -0.1) is 0 Å². The zero-order valence-corrected chi connectivity index (χ0v) is 19.2. The van der Waals surface area contributed by atoms with E-state index in [-0.39, 0.29) is 6.23 Å². The highest BCUT2D eigenvalue weighted by molar-refractivity contribution is 6.42. The molecule has 4 nitrogen and oxygen atoms in total. The fourth-order valence-electron chi connectivity index (χ4n) is 4.26. The Bertz CT molecular complexity index is 1120. The van der Waals surface area contributed by atoms with Crippen molar-refractivity contribution in [3.05, 3.63) is 106 Å². The number of ether oxygens (including phenoxy) is 1. The molecule has 1 unspecified atom stereocenters. The van der Waals surface area contributed by atoms with E-state index < -0.39 is 0 Å². The summed E-state index contributed by atoms with van der Waals surface area (Å²) in [6, 6.07) is 24.6. The van der Waals surface area contributed by atoms with Crippen LogP contribution in [0.3, 0.4) is 0 Å². The topological polar surface area (TPSA) is 27.7 Å². The Kier molecular flexibility index (Phi) is 6.49. The Morgan fingerprint density at radius 2 is 1.69 bits per heavy atom. The van der Waals surface area contributed by atoms with Crippen molar-refractivity contribution in [2.24, 2.45) is 0 Å². The van der Waals surface area contributed by atoms with Crippen LogP contribution in [-0.4, -0.2) is 30.8 Å². The maximum Gasteiger partial charge on any atom is 0.146 e. The van der Waals surface area contributed by atoms with Gasteiger partial charge < -0.3 is 4.74 Å². The molecule has 0 aromatic heterocycles. The van der Waals surface area contributed by atoms with Gasteiger partial charge in [0, 0.05) is 19.6 Å². The standard InChI is InChI=1S/C26H25Cl2N3O/c27-23-11-10-22(16-24(23)28)31-25(20-7-2-1-3-8-20)17-26(29-31)32-15-14-30-13-12-19-6-4-5-9-21(19)18-30/h1-11,16-17,26,29H,12-15,18H2. The summed E-state index contributed by atoms with van der Waals surface area (Å²) in [6.45, 7) is 3.60. The molecule has 164 valence electrons. The minimum Gasteiger partial charge on any atom is -0.357 e. The molecular formula is C26H25Cl2N3O. The lowest BCUT2D eigenvalue weighted by atomic mass is 10.0. The molecule has 5 rings (SSSR count). The van der Waals surface area contributed by atoms with E-state index >= 15 is 0 Å². The van der Waals surface area contributed by atoms with E-state index in [1.54, 1.807) is 0 Å². The van der Waals surface area contributed by atoms with E-state index in [0.717, 1.165) is 43.0 Å². The highest BCUT2D eigenvalue weighted by Gasteiger charge is 2.26. The summed E-state index contributed by atoms with van der Waals surface area (Å²) >= 11 is 12.4. The number of fused-ring (bicyclic) bond motifs is 1. The monoisotopic (exact) mass is 465 g/mol. The smallest absolute Gasteiger partial charge is 0.146 e. The first kappa shape index (κ1) is 21.5. The molecule has 6 heteroatoms. The van der Waals surface area contributed by atoms with Crippen molar-refractivity contribution in [3.63, 3.8) is 0 Å². The molecule has 2 aliphatic rings. The summed E-state index contributed by atoms with van der Waals surface area (Å²) < 4.78 is 6.22. The van der Waals surface area contributed by atoms with Crippen LogP contribution in [0.1, 0.15) is 16.7 Å². The van der Waals surface area contributed by atoms with Gasteiger partial charge in [-0.05, 0) is 47.4 Å². The zero-order chi connectivity index (χ0) is 21.9. The van der Waals surface area contributed by atoms with Gasteiger partial charge in [-0.25, -0.2) is 0 Å². The summed E-state index contributed by atoms with van der Waals surface area (Å²) in [5, 5.41) is 3.07. The van der Waals surface area contributed by atoms with Gasteiger partial charge in [0.05, 0.1) is 28.0 Å². The van der Waals surface area contributed by atoms with E-state index in [1.807, 2.05) is 41.4 Å². The number of halogens is 2. The molecule has 2 heterocycles. The van der Waals surface area contributed by atoms with Crippen molar-refractivity contribution in [2.75, 3.05) is 24.7 Å². The molecule has 0 aliphatic carbocycles. The van der Waals surface area contributed by atoms with Crippen molar-refractivity contribution in [2.45, 2.75) is 19.2 Å². The van der Waals surface area contributed by atoms with Gasteiger partial charge in [-0.1, -0.05) is 77.8 Å². The van der Waals surface area contributed by atoms with E-state index in [9.17, 15) is 0 Å². The summed E-state index contributed by atoms with van der Waals surface area (Å²) in [7, 11) is 0. The van der Waals surface area contributed by atoms with Crippen molar-refractivity contribution in [1.29, 1.82) is 0 Å². The molecule has 0 bridgehead atoms. The number of rotatable bonds is 6. The number of anilines is 1. The summed E-state index contributed by atoms with van der Waals surface area (Å²) in [5.41, 5.74) is 9.39. The van der Waals surface area contributed by atoms with Gasteiger partial charge in [-0.2, -0.15) is 5.43 Å². The molecule has 2 aliphatic heterocycles. The first-order valence-corrected chi connectivity index (χ1v) is 11.6. The minimum absolute atomic E-state index is 0.225. The fraction of sp³-hybridized carbons (Fsp3) is 0.231. The Morgan fingerprint density at radius 3 is 2.50 bits per heavy atom. The van der Waals surface area contributed by atoms with Gasteiger partial charge in [0.1, 0.15) is 6.23 Å². The van der Waals surface area contributed by atoms with E-state index in [4.69, 9.17) is 27.9 Å². The lowest BCUT2D eigenvalue weighted by Crippen LogP contribution is -2.40. The van der Waals surface area contributed by atoms with Crippen LogP contribution in [0.25, 0.3) is 5.70 Å². The normalized spacial score (nSPS) is 18.5. The Labute approximate surface area is 199 Å². The maximum atomic E-state index is 6.29. The number of nitrogens with zero attached hydrogens (tertiary/aromatic N) is 2. The van der Waals surface area contributed by atoms with Crippen LogP contribution in [0.5, 0.6) is 0 Å². The summed E-state index contributed by atoms with van der Waals surface area (Å²) in [5.74, 6) is 0. The van der Waals surface area contributed by atoms with Crippen LogP contribution >= 0.6 is 23.2 Å². The van der Waals surface area contributed by atoms with Gasteiger partial charge in [0.2, 0.25) is 0 Å². The van der Waals surface area contributed by atoms with Crippen LogP contribution < -0.4 is 10.4 Å². The second kappa shape index (κ2) is 9.65. The van der Waals surface area contributed by atoms with Crippen LogP contribution in [0.4, 0.5) is 5.69 Å². The first-order chi connectivity index (χ1) is 15.7. The molecule has 0 radical (unpaired) electrons. The average Bonchev–Trinajstić information content (AvgIpc) is 3.25. The van der Waals surface area contributed by atoms with Crippen molar-refractivity contribution in [3.8, 4) is 0 Å². The fourth-order valence-corrected chi connectivity index (χ4v) is 4.56. The largest absolute Gasteiger partial charge is 0.357 e. The van der Waals surface area contributed by atoms with Crippen molar-refractivity contribution in [1.82, 2.24) is 10.3 Å². The Morgan fingerprint density at radius 1 is 0.906 bits per heavy atom. The van der Waals surface area contributed by atoms with E-state index in [1.165, 1.54) is 11.1 Å². The molecule has 3 aromatic rings. The Hall–Kier alpha value is -2.34. The molecular weight excluding hydrogens is 441 g/mol. The van der Waals surface area contributed by atoms with Crippen molar-refractivity contribution >= 4 is 34.6 Å². The SMILES string of the molecule is Clc1ccc(N2NC(OCCN3CCc4ccccc4C3)C=C2c2ccccc2)cc1Cl. The zero-order valence-electron chi connectivity index (χ0n) is 17.7. The van der Waals surface area contributed by atoms with Crippen LogP contribution in [-0.2, 0) is 17.7 Å². The molecule has 32 heavy (non-hydrogen) atoms. The highest BCUT2D eigenvalue weighted by atomic mass is 35.5. The molecule has 1 N–H and O–H groups in total. The number of hydrogen-bond donors (Lipinski definition) is 1. The van der Waals surface area contributed by atoms with Gasteiger partial charge in [0.25, 0.3) is 0 Å². The first-order valence-electron chi connectivity index (χ1n) is 10.9. The number of hydrazine groups is 1. The Balaban J connectivity index is 1.26. The minimum atomic E-state index is -0.225. The van der Waals surface area contributed by atoms with Gasteiger partial charge in [0.15, 0.2) is 0 Å². The summed E-state index contributed by atoms with van der Waals surface area (Å²) in [4.78, 5) is 2.45. The molecule has 0 amide bonds. The van der Waals surface area contributed by atoms with Crippen molar-refractivity contribution < 1.29 is 4.74 Å². The molecule has 1 atom stereocenters. The summed E-state index contributed by atoms with van der Waals surface area (Å²) in [6.07, 6.45) is 2.99. The highest BCUT2D eigenvalue weighted by Crippen LogP contribution is 2.33. The molecule has 0 fully saturated rings. The average molecular weight is 466 g/mol. The molecule has 0 saturated carbocycles. The van der Waals surface area contributed by atoms with Gasteiger partial charge >= 0.3 is 0 Å². The predicted molar refractivity (Wildman–Crippen MR) is 132 cm³/mol. The number of hydrogen-bond acceptors (Lipinski definition) is 4. The lowest BCUT2D eigenvalue weighted by molar-refractivity contribution is 0.0481. The molecule has 0 spiro atoms. The second-order valence-corrected chi connectivity index (χ2v) is 8.88. The number of benzene rings is 3. The number of nitrogens with one attached hydrogen (secondary N) is 1. The third-order valence-electron chi connectivity index (χ3n) is 5.95. The van der Waals surface area contributed by atoms with Crippen LogP contribution in [0.2, 0.25) is 10.0 Å². The van der Waals surface area contributed by atoms with Crippen LogP contribution in [0.15, 0.2) is 78.9 Å². The third kappa shape index (κ3) is 4.70. The van der Waals surface area contributed by atoms with Gasteiger partial charge in [-0.3, -0.25) is 9.91 Å². The van der Waals surface area contributed by atoms with E-state index in [2.05, 4.69) is 52.8 Å². The molecule has 3 aromatic carbocycles.